The Balaban J connectivity index is 1.53. The van der Waals surface area contributed by atoms with Crippen LogP contribution in [0.25, 0.3) is 5.69 Å². The van der Waals surface area contributed by atoms with Crippen molar-refractivity contribution in [3.8, 4) is 17.2 Å². The van der Waals surface area contributed by atoms with Crippen molar-refractivity contribution in [2.45, 2.75) is 38.4 Å². The molecule has 210 valence electrons. The van der Waals surface area contributed by atoms with Gasteiger partial charge >= 0.3 is 0 Å². The van der Waals surface area contributed by atoms with Crippen LogP contribution in [-0.2, 0) is 15.0 Å². The topological polar surface area (TPSA) is 85.7 Å². The molecular weight excluding hydrogens is 536 g/mol. The second kappa shape index (κ2) is 10.6. The molecule has 3 heterocycles. The molecule has 0 saturated heterocycles. The van der Waals surface area contributed by atoms with Crippen molar-refractivity contribution in [2.75, 3.05) is 29.3 Å². The predicted molar refractivity (Wildman–Crippen MR) is 161 cm³/mol. The van der Waals surface area contributed by atoms with Crippen LogP contribution in [0.4, 0.5) is 11.5 Å². The highest BCUT2D eigenvalue weighted by atomic mass is 32.2. The first-order valence-corrected chi connectivity index (χ1v) is 14.6. The number of nitrogens with zero attached hydrogens (tertiary/aromatic N) is 3. The number of fused-ring (bicyclic) bond motifs is 2. The van der Waals surface area contributed by atoms with Gasteiger partial charge in [0.05, 0.1) is 22.4 Å². The number of aryl methyl sites for hydroxylation is 1. The quantitative estimate of drug-likeness (QED) is 0.317. The molecule has 2 amide bonds. The molecule has 2 aliphatic heterocycles. The van der Waals surface area contributed by atoms with Gasteiger partial charge in [-0.25, -0.2) is 4.68 Å². The van der Waals surface area contributed by atoms with Crippen molar-refractivity contribution in [3.05, 3.63) is 95.2 Å². The Labute approximate surface area is 243 Å². The van der Waals surface area contributed by atoms with E-state index in [9.17, 15) is 9.59 Å². The standard InChI is InChI=1S/C32H32N4O4S/c1-20-10-13-23(14-11-20)36-31-28(30(34-36)32(2,3)4)29(21-12-15-24-25(16-21)40-19-39-24)41-18-27(38)35(31)17-26(37)33-22-8-6-5-7-9-22/h5-16,29H,17-19H2,1-4H3,(H,33,37). The SMILES string of the molecule is Cc1ccc(-n2nc(C(C)(C)C)c3c2N(CC(=O)Nc2ccccc2)C(=O)CSC3c2ccc3c(c2)OCO3)cc1. The van der Waals surface area contributed by atoms with E-state index in [1.54, 1.807) is 4.90 Å². The Hall–Kier alpha value is -4.24. The Morgan fingerprint density at radius 2 is 1.76 bits per heavy atom. The largest absolute Gasteiger partial charge is 0.454 e. The summed E-state index contributed by atoms with van der Waals surface area (Å²) in [6.07, 6.45) is 0. The Bertz CT molecular complexity index is 1610. The van der Waals surface area contributed by atoms with Gasteiger partial charge in [-0.2, -0.15) is 5.10 Å². The monoisotopic (exact) mass is 568 g/mol. The highest BCUT2D eigenvalue weighted by molar-refractivity contribution is 8.00. The van der Waals surface area contributed by atoms with Gasteiger partial charge in [0.15, 0.2) is 11.5 Å². The Morgan fingerprint density at radius 1 is 1.02 bits per heavy atom. The molecule has 3 aromatic carbocycles. The highest BCUT2D eigenvalue weighted by Crippen LogP contribution is 2.49. The molecule has 1 atom stereocenters. The molecule has 6 rings (SSSR count). The van der Waals surface area contributed by atoms with Gasteiger partial charge in [0, 0.05) is 16.7 Å². The number of ether oxygens (including phenoxy) is 2. The van der Waals surface area contributed by atoms with Crippen LogP contribution < -0.4 is 19.7 Å². The minimum absolute atomic E-state index is 0.143. The lowest BCUT2D eigenvalue weighted by atomic mass is 9.87. The minimum atomic E-state index is -0.347. The van der Waals surface area contributed by atoms with Crippen LogP contribution in [0.3, 0.4) is 0 Å². The zero-order chi connectivity index (χ0) is 28.7. The molecule has 9 heteroatoms. The molecule has 0 fully saturated rings. The zero-order valence-corrected chi connectivity index (χ0v) is 24.3. The van der Waals surface area contributed by atoms with Gasteiger partial charge in [-0.05, 0) is 48.9 Å². The van der Waals surface area contributed by atoms with Crippen LogP contribution >= 0.6 is 11.8 Å². The zero-order valence-electron chi connectivity index (χ0n) is 23.5. The van der Waals surface area contributed by atoms with Crippen molar-refractivity contribution in [1.29, 1.82) is 0 Å². The number of anilines is 2. The van der Waals surface area contributed by atoms with E-state index in [-0.39, 0.29) is 41.6 Å². The van der Waals surface area contributed by atoms with Crippen molar-refractivity contribution in [3.63, 3.8) is 0 Å². The maximum Gasteiger partial charge on any atom is 0.244 e. The third-order valence-electron chi connectivity index (χ3n) is 7.14. The van der Waals surface area contributed by atoms with Gasteiger partial charge in [0.1, 0.15) is 12.4 Å². The lowest BCUT2D eigenvalue weighted by molar-refractivity contribution is -0.120. The van der Waals surface area contributed by atoms with Crippen molar-refractivity contribution < 1.29 is 19.1 Å². The average molecular weight is 569 g/mol. The smallest absolute Gasteiger partial charge is 0.244 e. The van der Waals surface area contributed by atoms with Gasteiger partial charge < -0.3 is 14.8 Å². The fourth-order valence-corrected chi connectivity index (χ4v) is 6.33. The molecule has 0 bridgehead atoms. The number of para-hydroxylation sites is 1. The summed E-state index contributed by atoms with van der Waals surface area (Å²) in [4.78, 5) is 28.8. The van der Waals surface area contributed by atoms with Gasteiger partial charge in [0.2, 0.25) is 18.6 Å². The fraction of sp³-hybridized carbons (Fsp3) is 0.281. The number of hydrogen-bond donors (Lipinski definition) is 1. The summed E-state index contributed by atoms with van der Waals surface area (Å²) in [5, 5.41) is 7.86. The number of carbonyl (C=O) groups is 2. The molecule has 1 N–H and O–H groups in total. The van der Waals surface area contributed by atoms with Gasteiger partial charge in [-0.3, -0.25) is 14.5 Å². The minimum Gasteiger partial charge on any atom is -0.454 e. The summed E-state index contributed by atoms with van der Waals surface area (Å²) in [5.74, 6) is 1.76. The van der Waals surface area contributed by atoms with Gasteiger partial charge in [-0.15, -0.1) is 11.8 Å². The first-order chi connectivity index (χ1) is 19.7. The fourth-order valence-electron chi connectivity index (χ4n) is 5.14. The van der Waals surface area contributed by atoms with Crippen molar-refractivity contribution in [2.24, 2.45) is 0 Å². The second-order valence-electron chi connectivity index (χ2n) is 11.3. The number of aromatic nitrogens is 2. The molecule has 0 saturated carbocycles. The molecule has 1 aromatic heterocycles. The average Bonchev–Trinajstić information content (AvgIpc) is 3.55. The van der Waals surface area contributed by atoms with Crippen molar-refractivity contribution in [1.82, 2.24) is 9.78 Å². The van der Waals surface area contributed by atoms with E-state index >= 15 is 0 Å². The molecule has 0 spiro atoms. The van der Waals surface area contributed by atoms with E-state index in [2.05, 4.69) is 26.1 Å². The summed E-state index contributed by atoms with van der Waals surface area (Å²) in [7, 11) is 0. The molecule has 8 nitrogen and oxygen atoms in total. The van der Waals surface area contributed by atoms with E-state index in [1.165, 1.54) is 11.8 Å². The van der Waals surface area contributed by atoms with E-state index in [0.717, 1.165) is 28.1 Å². The van der Waals surface area contributed by atoms with Gasteiger partial charge in [-0.1, -0.05) is 62.7 Å². The second-order valence-corrected chi connectivity index (χ2v) is 12.4. The van der Waals surface area contributed by atoms with E-state index in [1.807, 2.05) is 84.4 Å². The molecule has 41 heavy (non-hydrogen) atoms. The lowest BCUT2D eigenvalue weighted by Gasteiger charge is -2.24. The number of carbonyl (C=O) groups excluding carboxylic acids is 2. The van der Waals surface area contributed by atoms with Crippen LogP contribution in [0.2, 0.25) is 0 Å². The highest BCUT2D eigenvalue weighted by Gasteiger charge is 2.40. The molecule has 0 radical (unpaired) electrons. The van der Waals surface area contributed by atoms with Crippen molar-refractivity contribution >= 4 is 35.1 Å². The van der Waals surface area contributed by atoms with Crippen LogP contribution in [-0.4, -0.2) is 40.7 Å². The Kier molecular flexibility index (Phi) is 6.99. The number of benzene rings is 3. The lowest BCUT2D eigenvalue weighted by Crippen LogP contribution is -2.40. The summed E-state index contributed by atoms with van der Waals surface area (Å²) >= 11 is 1.54. The number of amides is 2. The van der Waals surface area contributed by atoms with Crippen LogP contribution in [0.1, 0.15) is 48.4 Å². The third kappa shape index (κ3) is 5.29. The Morgan fingerprint density at radius 3 is 2.49 bits per heavy atom. The normalized spacial score (nSPS) is 16.3. The molecule has 0 aliphatic carbocycles. The van der Waals surface area contributed by atoms with E-state index in [4.69, 9.17) is 14.6 Å². The number of rotatable bonds is 5. The van der Waals surface area contributed by atoms with Gasteiger partial charge in [0.25, 0.3) is 0 Å². The van der Waals surface area contributed by atoms with Crippen LogP contribution in [0.15, 0.2) is 72.8 Å². The summed E-state index contributed by atoms with van der Waals surface area (Å²) in [5.41, 5.74) is 5.03. The number of thioether (sulfide) groups is 1. The number of nitrogens with one attached hydrogen (secondary N) is 1. The van der Waals surface area contributed by atoms with E-state index < -0.39 is 0 Å². The maximum absolute atomic E-state index is 13.9. The summed E-state index contributed by atoms with van der Waals surface area (Å²) in [6.45, 7) is 8.43. The molecular formula is C32H32N4O4S. The first-order valence-electron chi connectivity index (χ1n) is 13.6. The third-order valence-corrected chi connectivity index (χ3v) is 8.39. The molecule has 2 aliphatic rings. The number of hydrogen-bond acceptors (Lipinski definition) is 6. The van der Waals surface area contributed by atoms with Crippen LogP contribution in [0.5, 0.6) is 11.5 Å². The maximum atomic E-state index is 13.9. The van der Waals surface area contributed by atoms with Crippen LogP contribution in [0, 0.1) is 6.92 Å². The van der Waals surface area contributed by atoms with E-state index in [0.29, 0.717) is 23.0 Å². The first kappa shape index (κ1) is 27.0. The summed E-state index contributed by atoms with van der Waals surface area (Å²) in [6, 6.07) is 23.2. The predicted octanol–water partition coefficient (Wildman–Crippen LogP) is 6.01. The molecule has 4 aromatic rings. The summed E-state index contributed by atoms with van der Waals surface area (Å²) < 4.78 is 13.1. The molecule has 1 unspecified atom stereocenters.